The van der Waals surface area contributed by atoms with E-state index in [2.05, 4.69) is 0 Å². The lowest BCUT2D eigenvalue weighted by molar-refractivity contribution is -0.127. The maximum absolute atomic E-state index is 13.1. The molecule has 7 nitrogen and oxygen atoms in total. The van der Waals surface area contributed by atoms with Gasteiger partial charge in [0.15, 0.2) is 0 Å². The number of esters is 1. The Morgan fingerprint density at radius 2 is 1.86 bits per heavy atom. The summed E-state index contributed by atoms with van der Waals surface area (Å²) in [5, 5.41) is 0. The van der Waals surface area contributed by atoms with Gasteiger partial charge in [0.05, 0.1) is 17.5 Å². The van der Waals surface area contributed by atoms with Crippen LogP contribution in [0, 0.1) is 5.82 Å². The quantitative estimate of drug-likeness (QED) is 0.764. The molecule has 0 bridgehead atoms. The number of halogens is 1. The number of anilines is 1. The summed E-state index contributed by atoms with van der Waals surface area (Å²) in [5.41, 5.74) is 6.93. The molecule has 148 valence electrons. The summed E-state index contributed by atoms with van der Waals surface area (Å²) < 4.78 is 43.6. The third-order valence-corrected chi connectivity index (χ3v) is 5.75. The molecule has 0 saturated heterocycles. The van der Waals surface area contributed by atoms with Gasteiger partial charge in [-0.15, -0.1) is 0 Å². The normalized spacial score (nSPS) is 17.1. The van der Waals surface area contributed by atoms with Crippen LogP contribution in [0.15, 0.2) is 42.5 Å². The minimum atomic E-state index is -3.44. The van der Waals surface area contributed by atoms with Gasteiger partial charge < -0.3 is 10.5 Å². The van der Waals surface area contributed by atoms with Gasteiger partial charge in [-0.05, 0) is 49.2 Å². The van der Waals surface area contributed by atoms with E-state index in [1.807, 2.05) is 0 Å². The Hall–Kier alpha value is -2.94. The molecule has 1 amide bonds. The largest absolute Gasteiger partial charge is 0.444 e. The first-order valence-electron chi connectivity index (χ1n) is 8.46. The highest BCUT2D eigenvalue weighted by atomic mass is 32.2. The van der Waals surface area contributed by atoms with Gasteiger partial charge in [0.2, 0.25) is 16.1 Å². The van der Waals surface area contributed by atoms with E-state index >= 15 is 0 Å². The summed E-state index contributed by atoms with van der Waals surface area (Å²) in [6.07, 6.45) is 0.203. The fraction of sp³-hybridized carbons (Fsp3) is 0.263. The van der Waals surface area contributed by atoms with Crippen LogP contribution in [0.3, 0.4) is 0 Å². The smallest absolute Gasteiger partial charge is 0.339 e. The third-order valence-electron chi connectivity index (χ3n) is 4.48. The number of nitrogens with zero attached hydrogens (tertiary/aromatic N) is 1. The van der Waals surface area contributed by atoms with E-state index in [1.54, 1.807) is 13.0 Å². The van der Waals surface area contributed by atoms with Crippen molar-refractivity contribution in [3.8, 4) is 0 Å². The van der Waals surface area contributed by atoms with Crippen LogP contribution in [0.4, 0.5) is 10.1 Å². The van der Waals surface area contributed by atoms with E-state index in [1.165, 1.54) is 28.6 Å². The molecule has 1 aliphatic rings. The average molecular weight is 406 g/mol. The highest BCUT2D eigenvalue weighted by Crippen LogP contribution is 2.35. The Bertz CT molecular complexity index is 1040. The first-order chi connectivity index (χ1) is 13.1. The average Bonchev–Trinajstić information content (AvgIpc) is 2.95. The zero-order valence-corrected chi connectivity index (χ0v) is 16.1. The number of rotatable bonds is 5. The second-order valence-corrected chi connectivity index (χ2v) is 8.55. The fourth-order valence-electron chi connectivity index (χ4n) is 3.34. The highest BCUT2D eigenvalue weighted by molar-refractivity contribution is 7.92. The van der Waals surface area contributed by atoms with Gasteiger partial charge in [0, 0.05) is 11.6 Å². The number of fused-ring (bicyclic) bond motifs is 1. The van der Waals surface area contributed by atoms with Crippen LogP contribution in [-0.4, -0.2) is 32.6 Å². The summed E-state index contributed by atoms with van der Waals surface area (Å²) in [6, 6.07) is 9.13. The van der Waals surface area contributed by atoms with Crippen molar-refractivity contribution >= 4 is 27.6 Å². The standard InChI is InChI=1S/C19H19FN2O5S/c1-11-9-14-10-13(5-8-16(14)22(11)28(2,25)26)19(24)27-17(18(21)23)12-3-6-15(20)7-4-12/h3-8,10-11,17H,9H2,1-2H3,(H2,21,23). The van der Waals surface area contributed by atoms with Crippen molar-refractivity contribution in [3.05, 3.63) is 65.0 Å². The molecule has 0 fully saturated rings. The van der Waals surface area contributed by atoms with Crippen molar-refractivity contribution in [2.75, 3.05) is 10.6 Å². The van der Waals surface area contributed by atoms with Gasteiger partial charge >= 0.3 is 5.97 Å². The second kappa shape index (κ2) is 7.23. The number of hydrogen-bond donors (Lipinski definition) is 1. The summed E-state index contributed by atoms with van der Waals surface area (Å²) in [5.74, 6) is -2.18. The zero-order chi connectivity index (χ0) is 20.6. The lowest BCUT2D eigenvalue weighted by Gasteiger charge is -2.22. The summed E-state index contributed by atoms with van der Waals surface area (Å²) in [7, 11) is -3.44. The Kier molecular flexibility index (Phi) is 5.12. The maximum atomic E-state index is 13.1. The van der Waals surface area contributed by atoms with Gasteiger partial charge in [-0.3, -0.25) is 9.10 Å². The van der Waals surface area contributed by atoms with Crippen LogP contribution >= 0.6 is 0 Å². The molecule has 2 aromatic rings. The molecule has 2 atom stereocenters. The van der Waals surface area contributed by atoms with Crippen LogP contribution < -0.4 is 10.0 Å². The molecule has 1 heterocycles. The molecule has 0 saturated carbocycles. The van der Waals surface area contributed by atoms with E-state index in [9.17, 15) is 22.4 Å². The molecule has 3 rings (SSSR count). The first kappa shape index (κ1) is 19.8. The molecule has 2 N–H and O–H groups in total. The summed E-state index contributed by atoms with van der Waals surface area (Å²) >= 11 is 0. The molecule has 0 radical (unpaired) electrons. The van der Waals surface area contributed by atoms with Gasteiger partial charge in [0.25, 0.3) is 5.91 Å². The number of benzene rings is 2. The van der Waals surface area contributed by atoms with E-state index in [0.717, 1.165) is 18.4 Å². The van der Waals surface area contributed by atoms with Crippen LogP contribution in [0.25, 0.3) is 0 Å². The van der Waals surface area contributed by atoms with E-state index < -0.39 is 33.8 Å². The lowest BCUT2D eigenvalue weighted by Crippen LogP contribution is -2.34. The number of carbonyl (C=O) groups excluding carboxylic acids is 2. The molecule has 1 aliphatic heterocycles. The van der Waals surface area contributed by atoms with Crippen LogP contribution in [-0.2, 0) is 26.0 Å². The number of hydrogen-bond acceptors (Lipinski definition) is 5. The number of sulfonamides is 1. The van der Waals surface area contributed by atoms with E-state index in [-0.39, 0.29) is 17.2 Å². The molecular weight excluding hydrogens is 387 g/mol. The Balaban J connectivity index is 1.86. The second-order valence-electron chi connectivity index (χ2n) is 6.69. The molecule has 28 heavy (non-hydrogen) atoms. The van der Waals surface area contributed by atoms with Gasteiger partial charge in [-0.2, -0.15) is 0 Å². The van der Waals surface area contributed by atoms with Crippen LogP contribution in [0.1, 0.15) is 34.5 Å². The summed E-state index contributed by atoms with van der Waals surface area (Å²) in [4.78, 5) is 24.2. The monoisotopic (exact) mass is 406 g/mol. The highest BCUT2D eigenvalue weighted by Gasteiger charge is 2.33. The Morgan fingerprint density at radius 1 is 1.21 bits per heavy atom. The minimum Gasteiger partial charge on any atom is -0.444 e. The number of nitrogens with two attached hydrogens (primary N) is 1. The number of primary amides is 1. The topological polar surface area (TPSA) is 107 Å². The lowest BCUT2D eigenvalue weighted by atomic mass is 10.1. The third kappa shape index (κ3) is 3.84. The van der Waals surface area contributed by atoms with Gasteiger partial charge in [-0.1, -0.05) is 12.1 Å². The maximum Gasteiger partial charge on any atom is 0.339 e. The van der Waals surface area contributed by atoms with E-state index in [0.29, 0.717) is 17.7 Å². The molecule has 2 aromatic carbocycles. The SMILES string of the molecule is CC1Cc2cc(C(=O)OC(C(N)=O)c3ccc(F)cc3)ccc2N1S(C)(=O)=O. The predicted octanol–water partition coefficient (Wildman–Crippen LogP) is 1.92. The van der Waals surface area contributed by atoms with Crippen molar-refractivity contribution in [3.63, 3.8) is 0 Å². The predicted molar refractivity (Wildman–Crippen MR) is 101 cm³/mol. The minimum absolute atomic E-state index is 0.162. The zero-order valence-electron chi connectivity index (χ0n) is 15.3. The molecule has 0 aromatic heterocycles. The number of amides is 1. The molecule has 0 aliphatic carbocycles. The first-order valence-corrected chi connectivity index (χ1v) is 10.3. The molecular formula is C19H19FN2O5S. The van der Waals surface area contributed by atoms with Crippen LogP contribution in [0.2, 0.25) is 0 Å². The molecule has 0 spiro atoms. The Morgan fingerprint density at radius 3 is 2.43 bits per heavy atom. The van der Waals surface area contributed by atoms with Crippen molar-refractivity contribution < 1.29 is 27.1 Å². The van der Waals surface area contributed by atoms with E-state index in [4.69, 9.17) is 10.5 Å². The van der Waals surface area contributed by atoms with Crippen molar-refractivity contribution in [1.29, 1.82) is 0 Å². The molecule has 2 unspecified atom stereocenters. The number of ether oxygens (including phenoxy) is 1. The van der Waals surface area contributed by atoms with Crippen molar-refractivity contribution in [1.82, 2.24) is 0 Å². The van der Waals surface area contributed by atoms with Gasteiger partial charge in [0.1, 0.15) is 5.82 Å². The number of carbonyl (C=O) groups is 2. The fourth-order valence-corrected chi connectivity index (χ4v) is 4.60. The summed E-state index contributed by atoms with van der Waals surface area (Å²) in [6.45, 7) is 1.77. The van der Waals surface area contributed by atoms with Crippen LogP contribution in [0.5, 0.6) is 0 Å². The van der Waals surface area contributed by atoms with Crippen molar-refractivity contribution in [2.24, 2.45) is 5.73 Å². The molecule has 9 heteroatoms. The van der Waals surface area contributed by atoms with Crippen molar-refractivity contribution in [2.45, 2.75) is 25.5 Å². The Labute approximate surface area is 161 Å². The van der Waals surface area contributed by atoms with Gasteiger partial charge in [-0.25, -0.2) is 17.6 Å².